The first-order chi connectivity index (χ1) is 12.6. The highest BCUT2D eigenvalue weighted by atomic mass is 19.1. The van der Waals surface area contributed by atoms with Gasteiger partial charge in [-0.2, -0.15) is 0 Å². The predicted molar refractivity (Wildman–Crippen MR) is 105 cm³/mol. The van der Waals surface area contributed by atoms with E-state index in [1.165, 1.54) is 12.1 Å². The number of amides is 2. The molecule has 1 aliphatic heterocycles. The van der Waals surface area contributed by atoms with Crippen molar-refractivity contribution in [3.05, 3.63) is 35.1 Å². The van der Waals surface area contributed by atoms with Gasteiger partial charge in [0.05, 0.1) is 0 Å². The minimum Gasteiger partial charge on any atom is -0.355 e. The quantitative estimate of drug-likeness (QED) is 0.829. The average Bonchev–Trinajstić information content (AvgIpc) is 2.60. The first-order valence-electron chi connectivity index (χ1n) is 9.57. The molecule has 0 atom stereocenters. The molecule has 1 aromatic carbocycles. The Balaban J connectivity index is 1.86. The molecule has 0 aliphatic carbocycles. The number of hydrogen-bond acceptors (Lipinski definition) is 3. The van der Waals surface area contributed by atoms with Crippen molar-refractivity contribution in [3.8, 4) is 0 Å². The second kappa shape index (κ2) is 8.83. The number of benzene rings is 1. The summed E-state index contributed by atoms with van der Waals surface area (Å²) >= 11 is 0. The molecule has 27 heavy (non-hydrogen) atoms. The average molecular weight is 378 g/mol. The van der Waals surface area contributed by atoms with Gasteiger partial charge in [-0.25, -0.2) is 4.39 Å². The van der Waals surface area contributed by atoms with Gasteiger partial charge < -0.3 is 15.1 Å². The summed E-state index contributed by atoms with van der Waals surface area (Å²) in [5, 5.41) is 3.07. The molecule has 1 aromatic rings. The van der Waals surface area contributed by atoms with Crippen LogP contribution in [0.25, 0.3) is 0 Å². The van der Waals surface area contributed by atoms with E-state index in [1.54, 1.807) is 11.0 Å². The second-order valence-corrected chi connectivity index (χ2v) is 8.65. The lowest BCUT2D eigenvalue weighted by Crippen LogP contribution is -2.46. The van der Waals surface area contributed by atoms with E-state index in [0.717, 1.165) is 12.1 Å². The van der Waals surface area contributed by atoms with Crippen LogP contribution in [-0.4, -0.2) is 61.9 Å². The maximum absolute atomic E-state index is 13.5. The van der Waals surface area contributed by atoms with Gasteiger partial charge in [-0.3, -0.25) is 9.59 Å². The molecule has 1 saturated heterocycles. The van der Waals surface area contributed by atoms with Crippen molar-refractivity contribution >= 4 is 11.8 Å². The largest absolute Gasteiger partial charge is 0.355 e. The van der Waals surface area contributed by atoms with Crippen LogP contribution >= 0.6 is 0 Å². The monoisotopic (exact) mass is 377 g/mol. The van der Waals surface area contributed by atoms with Crippen molar-refractivity contribution in [2.24, 2.45) is 11.3 Å². The Morgan fingerprint density at radius 2 is 1.89 bits per heavy atom. The number of nitrogens with zero attached hydrogens (tertiary/aromatic N) is 2. The van der Waals surface area contributed by atoms with E-state index >= 15 is 0 Å². The number of likely N-dealkylation sites (tertiary alicyclic amines) is 1. The van der Waals surface area contributed by atoms with Gasteiger partial charge >= 0.3 is 0 Å². The number of aryl methyl sites for hydroxylation is 1. The number of halogens is 1. The summed E-state index contributed by atoms with van der Waals surface area (Å²) in [6.45, 7) is 8.65. The molecule has 0 saturated carbocycles. The summed E-state index contributed by atoms with van der Waals surface area (Å²) in [5.74, 6) is -0.565. The normalized spacial score (nSPS) is 15.9. The van der Waals surface area contributed by atoms with Crippen molar-refractivity contribution in [3.63, 3.8) is 0 Å². The van der Waals surface area contributed by atoms with Crippen molar-refractivity contribution in [1.82, 2.24) is 15.1 Å². The first-order valence-corrected chi connectivity index (χ1v) is 9.57. The van der Waals surface area contributed by atoms with Crippen molar-refractivity contribution in [2.75, 3.05) is 40.3 Å². The van der Waals surface area contributed by atoms with Crippen LogP contribution in [0.2, 0.25) is 0 Å². The zero-order valence-electron chi connectivity index (χ0n) is 17.1. The van der Waals surface area contributed by atoms with Gasteiger partial charge in [0.15, 0.2) is 0 Å². The second-order valence-electron chi connectivity index (χ2n) is 8.65. The minimum atomic E-state index is -0.404. The summed E-state index contributed by atoms with van der Waals surface area (Å²) in [4.78, 5) is 29.0. The van der Waals surface area contributed by atoms with Gasteiger partial charge in [0, 0.05) is 37.7 Å². The Bertz CT molecular complexity index is 680. The Labute approximate surface area is 161 Å². The number of carbonyl (C=O) groups is 2. The van der Waals surface area contributed by atoms with Gasteiger partial charge in [-0.1, -0.05) is 19.9 Å². The molecule has 2 rings (SSSR count). The number of carbonyl (C=O) groups excluding carboxylic acids is 2. The SMILES string of the molecule is Cc1ccc(F)cc1C(=O)N1CCC(C(=O)NCC(C)(C)CN(C)C)CC1. The van der Waals surface area contributed by atoms with E-state index in [9.17, 15) is 14.0 Å². The number of rotatable bonds is 6. The maximum atomic E-state index is 13.5. The topological polar surface area (TPSA) is 52.7 Å². The molecular formula is C21H32FN3O2. The molecule has 2 amide bonds. The van der Waals surface area contributed by atoms with Gasteiger partial charge in [0.1, 0.15) is 5.82 Å². The van der Waals surface area contributed by atoms with Gasteiger partial charge in [-0.15, -0.1) is 0 Å². The Morgan fingerprint density at radius 3 is 2.48 bits per heavy atom. The third kappa shape index (κ3) is 6.03. The van der Waals surface area contributed by atoms with Crippen LogP contribution in [-0.2, 0) is 4.79 Å². The molecule has 0 bridgehead atoms. The summed E-state index contributed by atoms with van der Waals surface area (Å²) in [6.07, 6.45) is 1.28. The van der Waals surface area contributed by atoms with Gasteiger partial charge in [-0.05, 0) is 57.0 Å². The number of piperidine rings is 1. The molecule has 1 aliphatic rings. The standard InChI is InChI=1S/C21H32FN3O2/c1-15-6-7-17(22)12-18(15)20(27)25-10-8-16(9-11-25)19(26)23-13-21(2,3)14-24(4)5/h6-7,12,16H,8-11,13-14H2,1-5H3,(H,23,26). The van der Waals surface area contributed by atoms with Crippen molar-refractivity contribution in [1.29, 1.82) is 0 Å². The zero-order chi connectivity index (χ0) is 20.2. The van der Waals surface area contributed by atoms with Gasteiger partial charge in [0.2, 0.25) is 5.91 Å². The van der Waals surface area contributed by atoms with Crippen LogP contribution in [0.5, 0.6) is 0 Å². The molecule has 0 aromatic heterocycles. The van der Waals surface area contributed by atoms with E-state index in [0.29, 0.717) is 38.0 Å². The molecule has 0 unspecified atom stereocenters. The molecule has 0 radical (unpaired) electrons. The number of hydrogen-bond donors (Lipinski definition) is 1. The molecule has 150 valence electrons. The van der Waals surface area contributed by atoms with E-state index in [2.05, 4.69) is 24.1 Å². The van der Waals surface area contributed by atoms with E-state index < -0.39 is 5.82 Å². The van der Waals surface area contributed by atoms with Gasteiger partial charge in [0.25, 0.3) is 5.91 Å². The smallest absolute Gasteiger partial charge is 0.254 e. The summed E-state index contributed by atoms with van der Waals surface area (Å²) in [7, 11) is 4.05. The lowest BCUT2D eigenvalue weighted by molar-refractivity contribution is -0.126. The fourth-order valence-electron chi connectivity index (χ4n) is 3.72. The fraction of sp³-hybridized carbons (Fsp3) is 0.619. The zero-order valence-corrected chi connectivity index (χ0v) is 17.1. The summed E-state index contributed by atoms with van der Waals surface area (Å²) < 4.78 is 13.5. The molecule has 1 fully saturated rings. The molecular weight excluding hydrogens is 345 g/mol. The first kappa shape index (κ1) is 21.4. The van der Waals surface area contributed by atoms with Crippen LogP contribution in [0.1, 0.15) is 42.6 Å². The highest BCUT2D eigenvalue weighted by Crippen LogP contribution is 2.22. The summed E-state index contributed by atoms with van der Waals surface area (Å²) in [5.41, 5.74) is 1.18. The highest BCUT2D eigenvalue weighted by molar-refractivity contribution is 5.95. The van der Waals surface area contributed by atoms with E-state index in [4.69, 9.17) is 0 Å². The molecule has 6 heteroatoms. The lowest BCUT2D eigenvalue weighted by Gasteiger charge is -2.33. The highest BCUT2D eigenvalue weighted by Gasteiger charge is 2.29. The van der Waals surface area contributed by atoms with Crippen LogP contribution in [0.3, 0.4) is 0 Å². The van der Waals surface area contributed by atoms with Crippen molar-refractivity contribution in [2.45, 2.75) is 33.6 Å². The van der Waals surface area contributed by atoms with E-state index in [-0.39, 0.29) is 23.1 Å². The third-order valence-corrected chi connectivity index (χ3v) is 5.07. The Morgan fingerprint density at radius 1 is 1.26 bits per heavy atom. The summed E-state index contributed by atoms with van der Waals surface area (Å²) in [6, 6.07) is 4.28. The predicted octanol–water partition coefficient (Wildman–Crippen LogP) is 2.69. The van der Waals surface area contributed by atoms with E-state index in [1.807, 2.05) is 21.0 Å². The molecule has 5 nitrogen and oxygen atoms in total. The number of nitrogens with one attached hydrogen (secondary N) is 1. The molecule has 1 heterocycles. The minimum absolute atomic E-state index is 0.00470. The molecule has 1 N–H and O–H groups in total. The fourth-order valence-corrected chi connectivity index (χ4v) is 3.72. The van der Waals surface area contributed by atoms with Crippen LogP contribution in [0, 0.1) is 24.1 Å². The van der Waals surface area contributed by atoms with Crippen molar-refractivity contribution < 1.29 is 14.0 Å². The third-order valence-electron chi connectivity index (χ3n) is 5.07. The van der Waals surface area contributed by atoms with Crippen LogP contribution in [0.15, 0.2) is 18.2 Å². The Kier molecular flexibility index (Phi) is 6.98. The lowest BCUT2D eigenvalue weighted by atomic mass is 9.91. The van der Waals surface area contributed by atoms with Crippen LogP contribution < -0.4 is 5.32 Å². The van der Waals surface area contributed by atoms with Crippen LogP contribution in [0.4, 0.5) is 4.39 Å². The Hall–Kier alpha value is -1.95. The maximum Gasteiger partial charge on any atom is 0.254 e. The molecule has 0 spiro atoms.